The summed E-state index contributed by atoms with van der Waals surface area (Å²) in [6, 6.07) is 10.9. The van der Waals surface area contributed by atoms with Crippen LogP contribution in [0.2, 0.25) is 0 Å². The molecule has 4 rings (SSSR count). The van der Waals surface area contributed by atoms with Gasteiger partial charge >= 0.3 is 6.18 Å². The van der Waals surface area contributed by atoms with Crippen molar-refractivity contribution in [2.45, 2.75) is 56.3 Å². The summed E-state index contributed by atoms with van der Waals surface area (Å²) in [4.78, 5) is 2.42. The van der Waals surface area contributed by atoms with Gasteiger partial charge in [0.15, 0.2) is 0 Å². The lowest BCUT2D eigenvalue weighted by atomic mass is 9.91. The first-order valence-corrected chi connectivity index (χ1v) is 11.5. The Morgan fingerprint density at radius 2 is 1.68 bits per heavy atom. The minimum atomic E-state index is -4.84. The van der Waals surface area contributed by atoms with E-state index in [1.54, 1.807) is 0 Å². The van der Waals surface area contributed by atoms with Crippen molar-refractivity contribution >= 4 is 11.8 Å². The standard InChI is InChI=1S/C27H29F5N2/c1-4-19-16-21(25(3,28)29)17-22(27(30,31)32)23(19)18(2)33-24(20-10-6-5-7-11-20)26(12-13-26)34-14-8-9-15-34/h4-7,10-11,16-17,24,33H,1-2,8-9,12-15H2,3H3. The molecule has 2 aromatic rings. The van der Waals surface area contributed by atoms with Crippen molar-refractivity contribution in [2.75, 3.05) is 13.1 Å². The van der Waals surface area contributed by atoms with Crippen LogP contribution in [0.4, 0.5) is 22.0 Å². The van der Waals surface area contributed by atoms with Gasteiger partial charge in [0.1, 0.15) is 0 Å². The smallest absolute Gasteiger partial charge is 0.376 e. The van der Waals surface area contributed by atoms with E-state index in [9.17, 15) is 22.0 Å². The highest BCUT2D eigenvalue weighted by atomic mass is 19.4. The lowest BCUT2D eigenvalue weighted by Crippen LogP contribution is -2.45. The molecule has 2 fully saturated rings. The molecule has 1 N–H and O–H groups in total. The van der Waals surface area contributed by atoms with Crippen molar-refractivity contribution in [3.8, 4) is 0 Å². The molecule has 182 valence electrons. The van der Waals surface area contributed by atoms with Gasteiger partial charge in [-0.25, -0.2) is 8.78 Å². The van der Waals surface area contributed by atoms with Crippen molar-refractivity contribution in [1.29, 1.82) is 0 Å². The Morgan fingerprint density at radius 1 is 1.06 bits per heavy atom. The molecule has 1 heterocycles. The molecule has 0 spiro atoms. The molecule has 0 amide bonds. The highest BCUT2D eigenvalue weighted by molar-refractivity contribution is 5.76. The van der Waals surface area contributed by atoms with Gasteiger partial charge in [-0.15, -0.1) is 0 Å². The number of nitrogens with one attached hydrogen (secondary N) is 1. The number of hydrogen-bond donors (Lipinski definition) is 1. The van der Waals surface area contributed by atoms with Gasteiger partial charge in [0.05, 0.1) is 11.6 Å². The zero-order chi connectivity index (χ0) is 24.7. The quantitative estimate of drug-likeness (QED) is 0.400. The van der Waals surface area contributed by atoms with E-state index in [2.05, 4.69) is 23.4 Å². The van der Waals surface area contributed by atoms with Crippen LogP contribution in [0.3, 0.4) is 0 Å². The highest BCUT2D eigenvalue weighted by Crippen LogP contribution is 2.53. The van der Waals surface area contributed by atoms with Crippen LogP contribution in [-0.4, -0.2) is 23.5 Å². The van der Waals surface area contributed by atoms with Gasteiger partial charge in [-0.2, -0.15) is 13.2 Å². The number of rotatable bonds is 8. The first-order chi connectivity index (χ1) is 16.0. The number of benzene rings is 2. The SMILES string of the molecule is C=Cc1cc(C(C)(F)F)cc(C(F)(F)F)c1C(=C)NC(c1ccccc1)C1(N2CCCC2)CC1. The fourth-order valence-electron chi connectivity index (χ4n) is 5.14. The van der Waals surface area contributed by atoms with Crippen LogP contribution >= 0.6 is 0 Å². The van der Waals surface area contributed by atoms with Crippen LogP contribution in [0, 0.1) is 0 Å². The van der Waals surface area contributed by atoms with Crippen molar-refractivity contribution < 1.29 is 22.0 Å². The van der Waals surface area contributed by atoms with E-state index < -0.39 is 23.2 Å². The molecule has 1 unspecified atom stereocenters. The Labute approximate surface area is 197 Å². The van der Waals surface area contributed by atoms with Crippen LogP contribution in [0.1, 0.15) is 66.5 Å². The largest absolute Gasteiger partial charge is 0.417 e. The third-order valence-electron chi connectivity index (χ3n) is 6.99. The summed E-state index contributed by atoms with van der Waals surface area (Å²) in [5.41, 5.74) is -1.32. The predicted octanol–water partition coefficient (Wildman–Crippen LogP) is 7.39. The molecule has 1 aliphatic carbocycles. The highest BCUT2D eigenvalue weighted by Gasteiger charge is 2.55. The molecule has 0 radical (unpaired) electrons. The molecular formula is C27H29F5N2. The summed E-state index contributed by atoms with van der Waals surface area (Å²) in [6.07, 6.45) is 0.374. The van der Waals surface area contributed by atoms with Crippen LogP contribution in [0.15, 0.2) is 55.6 Å². The lowest BCUT2D eigenvalue weighted by molar-refractivity contribution is -0.138. The third-order valence-corrected chi connectivity index (χ3v) is 6.99. The minimum absolute atomic E-state index is 0.0262. The summed E-state index contributed by atoms with van der Waals surface area (Å²) in [7, 11) is 0. The maximum atomic E-state index is 14.1. The molecule has 1 atom stereocenters. The van der Waals surface area contributed by atoms with Gasteiger partial charge in [0, 0.05) is 29.3 Å². The van der Waals surface area contributed by atoms with E-state index in [-0.39, 0.29) is 28.4 Å². The van der Waals surface area contributed by atoms with Gasteiger partial charge in [-0.3, -0.25) is 4.90 Å². The molecule has 1 aliphatic heterocycles. The predicted molar refractivity (Wildman–Crippen MR) is 125 cm³/mol. The number of nitrogens with zero attached hydrogens (tertiary/aromatic N) is 1. The molecule has 2 aliphatic rings. The van der Waals surface area contributed by atoms with E-state index in [4.69, 9.17) is 0 Å². The Balaban J connectivity index is 1.79. The molecule has 7 heteroatoms. The third kappa shape index (κ3) is 4.63. The molecule has 1 saturated heterocycles. The number of halogens is 5. The molecule has 1 saturated carbocycles. The van der Waals surface area contributed by atoms with Gasteiger partial charge < -0.3 is 5.32 Å². The second-order valence-electron chi connectivity index (χ2n) is 9.34. The first kappa shape index (κ1) is 24.5. The van der Waals surface area contributed by atoms with Crippen LogP contribution in [0.25, 0.3) is 11.8 Å². The Hall–Kier alpha value is -2.67. The normalized spacial score (nSPS) is 19.0. The van der Waals surface area contributed by atoms with Gasteiger partial charge in [0.25, 0.3) is 5.92 Å². The summed E-state index contributed by atoms with van der Waals surface area (Å²) >= 11 is 0. The maximum absolute atomic E-state index is 14.1. The average molecular weight is 477 g/mol. The Kier molecular flexibility index (Phi) is 6.36. The second-order valence-corrected chi connectivity index (χ2v) is 9.34. The summed E-state index contributed by atoms with van der Waals surface area (Å²) in [5.74, 6) is -3.43. The van der Waals surface area contributed by atoms with E-state index in [0.29, 0.717) is 13.0 Å². The monoisotopic (exact) mass is 476 g/mol. The van der Waals surface area contributed by atoms with Crippen LogP contribution in [-0.2, 0) is 12.1 Å². The molecule has 2 nitrogen and oxygen atoms in total. The van der Waals surface area contributed by atoms with Crippen molar-refractivity contribution in [1.82, 2.24) is 10.2 Å². The molecule has 2 aromatic carbocycles. The van der Waals surface area contributed by atoms with Crippen LogP contribution in [0.5, 0.6) is 0 Å². The molecule has 0 aromatic heterocycles. The Bertz CT molecular complexity index is 1060. The zero-order valence-corrected chi connectivity index (χ0v) is 19.2. The van der Waals surface area contributed by atoms with Crippen molar-refractivity contribution in [3.05, 3.63) is 83.4 Å². The lowest BCUT2D eigenvalue weighted by Gasteiger charge is -2.37. The summed E-state index contributed by atoms with van der Waals surface area (Å²) in [5, 5.41) is 3.30. The van der Waals surface area contributed by atoms with E-state index in [1.807, 2.05) is 30.3 Å². The average Bonchev–Trinajstić information content (AvgIpc) is 3.39. The van der Waals surface area contributed by atoms with Crippen molar-refractivity contribution in [2.24, 2.45) is 0 Å². The summed E-state index contributed by atoms with van der Waals surface area (Å²) in [6.45, 7) is 10.0. The van der Waals surface area contributed by atoms with Gasteiger partial charge in [-0.1, -0.05) is 49.6 Å². The number of likely N-dealkylation sites (tertiary alicyclic amines) is 1. The fourth-order valence-corrected chi connectivity index (χ4v) is 5.14. The number of alkyl halides is 5. The van der Waals surface area contributed by atoms with E-state index >= 15 is 0 Å². The fraction of sp³-hybridized carbons (Fsp3) is 0.407. The maximum Gasteiger partial charge on any atom is 0.417 e. The molecular weight excluding hydrogens is 447 g/mol. The van der Waals surface area contributed by atoms with Gasteiger partial charge in [-0.05, 0) is 62.0 Å². The van der Waals surface area contributed by atoms with E-state index in [1.165, 1.54) is 6.08 Å². The van der Waals surface area contributed by atoms with Gasteiger partial charge in [0.2, 0.25) is 0 Å². The van der Waals surface area contributed by atoms with Crippen LogP contribution < -0.4 is 5.32 Å². The zero-order valence-electron chi connectivity index (χ0n) is 19.2. The first-order valence-electron chi connectivity index (χ1n) is 11.5. The molecule has 0 bridgehead atoms. The van der Waals surface area contributed by atoms with Crippen molar-refractivity contribution in [3.63, 3.8) is 0 Å². The number of hydrogen-bond acceptors (Lipinski definition) is 2. The Morgan fingerprint density at radius 3 is 2.18 bits per heavy atom. The van der Waals surface area contributed by atoms with E-state index in [0.717, 1.165) is 50.4 Å². The minimum Gasteiger partial charge on any atom is -0.376 e. The topological polar surface area (TPSA) is 15.3 Å². The molecule has 34 heavy (non-hydrogen) atoms. The summed E-state index contributed by atoms with van der Waals surface area (Å²) < 4.78 is 70.3. The second kappa shape index (κ2) is 8.84.